The highest BCUT2D eigenvalue weighted by atomic mass is 19.4. The first-order chi connectivity index (χ1) is 9.29. The van der Waals surface area contributed by atoms with Gasteiger partial charge in [0.15, 0.2) is 5.78 Å². The van der Waals surface area contributed by atoms with Crippen LogP contribution in [0, 0.1) is 11.7 Å². The highest BCUT2D eigenvalue weighted by molar-refractivity contribution is 6.01. The summed E-state index contributed by atoms with van der Waals surface area (Å²) < 4.78 is 51.5. The lowest BCUT2D eigenvalue weighted by atomic mass is 9.82. The van der Waals surface area contributed by atoms with E-state index in [9.17, 15) is 27.2 Å². The molecule has 0 radical (unpaired) electrons. The van der Waals surface area contributed by atoms with Crippen LogP contribution in [0.3, 0.4) is 0 Å². The Labute approximate surface area is 112 Å². The van der Waals surface area contributed by atoms with Crippen LogP contribution in [0.1, 0.15) is 41.6 Å². The highest BCUT2D eigenvalue weighted by Crippen LogP contribution is 2.35. The minimum absolute atomic E-state index is 0.0342. The Morgan fingerprint density at radius 3 is 2.55 bits per heavy atom. The standard InChI is InChI=1S/C14H12F4O2/c15-9-4-5-11(12(7-9)14(16,17)18)13(20)8-2-1-3-10(19)6-8/h4-5,7-8H,1-3,6H2. The summed E-state index contributed by atoms with van der Waals surface area (Å²) in [6.07, 6.45) is -3.59. The first kappa shape index (κ1) is 14.7. The second-order valence-corrected chi connectivity index (χ2v) is 4.88. The van der Waals surface area contributed by atoms with Crippen LogP contribution < -0.4 is 0 Å². The molecule has 0 heterocycles. The third-order valence-electron chi connectivity index (χ3n) is 3.41. The van der Waals surface area contributed by atoms with Crippen molar-refractivity contribution in [2.45, 2.75) is 31.9 Å². The third kappa shape index (κ3) is 3.05. The molecule has 0 bridgehead atoms. The van der Waals surface area contributed by atoms with Crippen molar-refractivity contribution in [3.8, 4) is 0 Å². The van der Waals surface area contributed by atoms with Gasteiger partial charge in [-0.25, -0.2) is 4.39 Å². The van der Waals surface area contributed by atoms with E-state index in [1.807, 2.05) is 0 Å². The summed E-state index contributed by atoms with van der Waals surface area (Å²) in [6.45, 7) is 0. The summed E-state index contributed by atoms with van der Waals surface area (Å²) in [6, 6.07) is 1.99. The van der Waals surface area contributed by atoms with E-state index in [1.165, 1.54) is 0 Å². The van der Waals surface area contributed by atoms with Gasteiger partial charge >= 0.3 is 6.18 Å². The molecular formula is C14H12F4O2. The fourth-order valence-electron chi connectivity index (χ4n) is 2.43. The molecule has 0 amide bonds. The van der Waals surface area contributed by atoms with Crippen molar-refractivity contribution in [3.05, 3.63) is 35.1 Å². The number of benzene rings is 1. The zero-order valence-electron chi connectivity index (χ0n) is 10.5. The van der Waals surface area contributed by atoms with Gasteiger partial charge in [-0.1, -0.05) is 0 Å². The monoisotopic (exact) mass is 288 g/mol. The summed E-state index contributed by atoms with van der Waals surface area (Å²) in [4.78, 5) is 23.5. The second-order valence-electron chi connectivity index (χ2n) is 4.88. The van der Waals surface area contributed by atoms with Crippen molar-refractivity contribution >= 4 is 11.6 Å². The van der Waals surface area contributed by atoms with Gasteiger partial charge in [-0.2, -0.15) is 13.2 Å². The molecule has 1 aromatic carbocycles. The predicted molar refractivity (Wildman–Crippen MR) is 62.7 cm³/mol. The molecule has 1 saturated carbocycles. The number of carbonyl (C=O) groups excluding carboxylic acids is 2. The fourth-order valence-corrected chi connectivity index (χ4v) is 2.43. The van der Waals surface area contributed by atoms with Gasteiger partial charge in [0, 0.05) is 24.3 Å². The normalized spacial score (nSPS) is 20.0. The molecule has 0 saturated heterocycles. The van der Waals surface area contributed by atoms with Gasteiger partial charge in [0.1, 0.15) is 11.6 Å². The van der Waals surface area contributed by atoms with E-state index in [0.29, 0.717) is 25.3 Å². The molecule has 1 unspecified atom stereocenters. The van der Waals surface area contributed by atoms with Crippen LogP contribution in [-0.4, -0.2) is 11.6 Å². The van der Waals surface area contributed by atoms with Crippen LogP contribution in [0.15, 0.2) is 18.2 Å². The molecule has 0 N–H and O–H groups in total. The van der Waals surface area contributed by atoms with Crippen molar-refractivity contribution < 1.29 is 27.2 Å². The van der Waals surface area contributed by atoms with Crippen molar-refractivity contribution in [3.63, 3.8) is 0 Å². The number of hydrogen-bond acceptors (Lipinski definition) is 2. The van der Waals surface area contributed by atoms with Crippen LogP contribution in [0.25, 0.3) is 0 Å². The maximum absolute atomic E-state index is 13.0. The summed E-state index contributed by atoms with van der Waals surface area (Å²) in [5, 5.41) is 0. The molecule has 6 heteroatoms. The molecule has 1 aliphatic rings. The molecule has 108 valence electrons. The molecule has 1 atom stereocenters. The summed E-state index contributed by atoms with van der Waals surface area (Å²) >= 11 is 0. The van der Waals surface area contributed by atoms with Crippen LogP contribution >= 0.6 is 0 Å². The number of rotatable bonds is 2. The molecule has 1 fully saturated rings. The van der Waals surface area contributed by atoms with Crippen molar-refractivity contribution in [1.82, 2.24) is 0 Å². The SMILES string of the molecule is O=C1CCCC(C(=O)c2ccc(F)cc2C(F)(F)F)C1. The Balaban J connectivity index is 2.37. The van der Waals surface area contributed by atoms with Crippen LogP contribution in [0.4, 0.5) is 17.6 Å². The number of ketones is 2. The predicted octanol–water partition coefficient (Wildman–Crippen LogP) is 3.79. The largest absolute Gasteiger partial charge is 0.417 e. The Kier molecular flexibility index (Phi) is 3.92. The maximum Gasteiger partial charge on any atom is 0.417 e. The molecular weight excluding hydrogens is 276 g/mol. The number of alkyl halides is 3. The fraction of sp³-hybridized carbons (Fsp3) is 0.429. The third-order valence-corrected chi connectivity index (χ3v) is 3.41. The van der Waals surface area contributed by atoms with E-state index in [2.05, 4.69) is 0 Å². The topological polar surface area (TPSA) is 34.1 Å². The van der Waals surface area contributed by atoms with E-state index in [0.717, 1.165) is 12.1 Å². The molecule has 20 heavy (non-hydrogen) atoms. The Bertz CT molecular complexity index is 549. The van der Waals surface area contributed by atoms with Crippen molar-refractivity contribution in [1.29, 1.82) is 0 Å². The summed E-state index contributed by atoms with van der Waals surface area (Å²) in [5.41, 5.74) is -1.83. The van der Waals surface area contributed by atoms with Gasteiger partial charge in [0.25, 0.3) is 0 Å². The molecule has 0 spiro atoms. The van der Waals surface area contributed by atoms with E-state index < -0.39 is 34.8 Å². The molecule has 2 nitrogen and oxygen atoms in total. The van der Waals surface area contributed by atoms with Gasteiger partial charge in [0.2, 0.25) is 0 Å². The average molecular weight is 288 g/mol. The quantitative estimate of drug-likeness (QED) is 0.613. The van der Waals surface area contributed by atoms with Crippen molar-refractivity contribution in [2.75, 3.05) is 0 Å². The van der Waals surface area contributed by atoms with Gasteiger partial charge in [0.05, 0.1) is 5.56 Å². The van der Waals surface area contributed by atoms with E-state index in [4.69, 9.17) is 0 Å². The summed E-state index contributed by atoms with van der Waals surface area (Å²) in [5.74, 6) is -2.63. The van der Waals surface area contributed by atoms with E-state index in [-0.39, 0.29) is 12.2 Å². The number of carbonyl (C=O) groups is 2. The molecule has 0 aromatic heterocycles. The summed E-state index contributed by atoms with van der Waals surface area (Å²) in [7, 11) is 0. The number of hydrogen-bond donors (Lipinski definition) is 0. The first-order valence-electron chi connectivity index (χ1n) is 6.21. The lowest BCUT2D eigenvalue weighted by Gasteiger charge is -2.21. The number of Topliss-reactive ketones (excluding diaryl/α,β-unsaturated/α-hetero) is 2. The zero-order chi connectivity index (χ0) is 14.9. The molecule has 2 rings (SSSR count). The minimum Gasteiger partial charge on any atom is -0.300 e. The number of halogens is 4. The van der Waals surface area contributed by atoms with E-state index >= 15 is 0 Å². The minimum atomic E-state index is -4.80. The van der Waals surface area contributed by atoms with Crippen LogP contribution in [0.5, 0.6) is 0 Å². The van der Waals surface area contributed by atoms with Crippen LogP contribution in [0.2, 0.25) is 0 Å². The van der Waals surface area contributed by atoms with Gasteiger partial charge < -0.3 is 0 Å². The lowest BCUT2D eigenvalue weighted by molar-refractivity contribution is -0.138. The lowest BCUT2D eigenvalue weighted by Crippen LogP contribution is -2.25. The molecule has 1 aliphatic carbocycles. The average Bonchev–Trinajstić information content (AvgIpc) is 2.37. The second kappa shape index (κ2) is 5.34. The molecule has 1 aromatic rings. The Hall–Kier alpha value is -1.72. The van der Waals surface area contributed by atoms with Crippen molar-refractivity contribution in [2.24, 2.45) is 5.92 Å². The Morgan fingerprint density at radius 1 is 1.25 bits per heavy atom. The highest BCUT2D eigenvalue weighted by Gasteiger charge is 2.37. The van der Waals surface area contributed by atoms with Crippen LogP contribution in [-0.2, 0) is 11.0 Å². The van der Waals surface area contributed by atoms with Gasteiger partial charge in [-0.3, -0.25) is 9.59 Å². The smallest absolute Gasteiger partial charge is 0.300 e. The zero-order valence-corrected chi connectivity index (χ0v) is 10.5. The Morgan fingerprint density at radius 2 is 1.95 bits per heavy atom. The molecule has 0 aliphatic heterocycles. The van der Waals surface area contributed by atoms with Gasteiger partial charge in [-0.05, 0) is 31.0 Å². The first-order valence-corrected chi connectivity index (χ1v) is 6.21. The van der Waals surface area contributed by atoms with Gasteiger partial charge in [-0.15, -0.1) is 0 Å². The van der Waals surface area contributed by atoms with E-state index in [1.54, 1.807) is 0 Å². The maximum atomic E-state index is 13.0.